The van der Waals surface area contributed by atoms with E-state index in [1.165, 1.54) is 18.4 Å². The van der Waals surface area contributed by atoms with Crippen LogP contribution in [0.4, 0.5) is 0 Å². The van der Waals surface area contributed by atoms with Crippen LogP contribution in [0, 0.1) is 11.8 Å². The van der Waals surface area contributed by atoms with Crippen molar-refractivity contribution in [1.82, 2.24) is 5.32 Å². The maximum absolute atomic E-state index is 12.0. The highest BCUT2D eigenvalue weighted by atomic mass is 16.1. The van der Waals surface area contributed by atoms with Crippen molar-refractivity contribution >= 4 is 12.1 Å². The van der Waals surface area contributed by atoms with Crippen molar-refractivity contribution in [3.63, 3.8) is 0 Å². The molecule has 1 saturated carbocycles. The van der Waals surface area contributed by atoms with E-state index in [2.05, 4.69) is 24.2 Å². The van der Waals surface area contributed by atoms with Gasteiger partial charge in [-0.05, 0) is 49.7 Å². The fourth-order valence-electron chi connectivity index (χ4n) is 2.35. The minimum absolute atomic E-state index is 0.231. The van der Waals surface area contributed by atoms with Crippen LogP contribution in [0.25, 0.3) is 0 Å². The van der Waals surface area contributed by atoms with Crippen molar-refractivity contribution in [2.24, 2.45) is 16.8 Å². The molecule has 0 heterocycles. The van der Waals surface area contributed by atoms with Gasteiger partial charge in [0.25, 0.3) is 0 Å². The standard InChI is InChI=1S/C15H26N2O/c1-4-13(9-10-16-3)11-17-15(18)14-7-5-12(2)6-8-14/h9-10,12,14H,4-8,11H2,1-3H3,(H,17,18)/b13-9+,16-10?. The molecular weight excluding hydrogens is 224 g/mol. The minimum atomic E-state index is 0.231. The number of carbonyl (C=O) groups is 1. The van der Waals surface area contributed by atoms with E-state index in [-0.39, 0.29) is 11.8 Å². The Balaban J connectivity index is 2.36. The molecular formula is C15H26N2O. The molecule has 1 rings (SSSR count). The molecule has 1 aliphatic rings. The highest BCUT2D eigenvalue weighted by Crippen LogP contribution is 2.28. The summed E-state index contributed by atoms with van der Waals surface area (Å²) in [6, 6.07) is 0. The van der Waals surface area contributed by atoms with Gasteiger partial charge >= 0.3 is 0 Å². The van der Waals surface area contributed by atoms with Gasteiger partial charge in [-0.15, -0.1) is 0 Å². The second kappa shape index (κ2) is 8.06. The molecule has 0 aromatic heterocycles. The van der Waals surface area contributed by atoms with Crippen LogP contribution in [-0.2, 0) is 4.79 Å². The van der Waals surface area contributed by atoms with E-state index in [4.69, 9.17) is 0 Å². The number of nitrogens with one attached hydrogen (secondary N) is 1. The van der Waals surface area contributed by atoms with Gasteiger partial charge in [-0.25, -0.2) is 0 Å². The van der Waals surface area contributed by atoms with Gasteiger partial charge in [-0.3, -0.25) is 9.79 Å². The molecule has 3 nitrogen and oxygen atoms in total. The van der Waals surface area contributed by atoms with Gasteiger partial charge < -0.3 is 5.32 Å². The molecule has 1 aliphatic carbocycles. The fourth-order valence-corrected chi connectivity index (χ4v) is 2.35. The third-order valence-electron chi connectivity index (χ3n) is 3.79. The van der Waals surface area contributed by atoms with E-state index < -0.39 is 0 Å². The molecule has 1 fully saturated rings. The summed E-state index contributed by atoms with van der Waals surface area (Å²) in [5.74, 6) is 1.26. The Hall–Kier alpha value is -1.12. The topological polar surface area (TPSA) is 41.5 Å². The second-order valence-electron chi connectivity index (χ2n) is 5.26. The molecule has 0 aromatic carbocycles. The molecule has 3 heteroatoms. The van der Waals surface area contributed by atoms with Gasteiger partial charge in [-0.1, -0.05) is 13.8 Å². The third-order valence-corrected chi connectivity index (χ3v) is 3.79. The minimum Gasteiger partial charge on any atom is -0.352 e. The Kier molecular flexibility index (Phi) is 6.69. The van der Waals surface area contributed by atoms with E-state index in [9.17, 15) is 4.79 Å². The molecule has 1 N–H and O–H groups in total. The monoisotopic (exact) mass is 250 g/mol. The van der Waals surface area contributed by atoms with E-state index in [1.807, 2.05) is 6.08 Å². The first kappa shape index (κ1) is 14.9. The smallest absolute Gasteiger partial charge is 0.223 e. The number of hydrogen-bond donors (Lipinski definition) is 1. The summed E-state index contributed by atoms with van der Waals surface area (Å²) in [6.45, 7) is 5.04. The number of rotatable bonds is 5. The largest absolute Gasteiger partial charge is 0.352 e. The van der Waals surface area contributed by atoms with Crippen molar-refractivity contribution < 1.29 is 4.79 Å². The first-order valence-electron chi connectivity index (χ1n) is 7.05. The average Bonchev–Trinajstić information content (AvgIpc) is 2.39. The van der Waals surface area contributed by atoms with Crippen LogP contribution in [0.5, 0.6) is 0 Å². The lowest BCUT2D eigenvalue weighted by molar-refractivity contribution is -0.126. The van der Waals surface area contributed by atoms with Gasteiger partial charge in [0.15, 0.2) is 0 Å². The number of carbonyl (C=O) groups excluding carboxylic acids is 1. The van der Waals surface area contributed by atoms with E-state index >= 15 is 0 Å². The van der Waals surface area contributed by atoms with Crippen LogP contribution in [0.1, 0.15) is 46.0 Å². The van der Waals surface area contributed by atoms with Gasteiger partial charge in [0.2, 0.25) is 5.91 Å². The SMILES string of the molecule is CC/C(=C\C=NC)CNC(=O)C1CCC(C)CC1. The van der Waals surface area contributed by atoms with Crippen LogP contribution in [0.15, 0.2) is 16.6 Å². The van der Waals surface area contributed by atoms with Gasteiger partial charge in [0.05, 0.1) is 0 Å². The molecule has 0 bridgehead atoms. The summed E-state index contributed by atoms with van der Waals surface area (Å²) in [4.78, 5) is 16.0. The molecule has 18 heavy (non-hydrogen) atoms. The lowest BCUT2D eigenvalue weighted by Crippen LogP contribution is -2.34. The predicted molar refractivity (Wildman–Crippen MR) is 76.9 cm³/mol. The van der Waals surface area contributed by atoms with Crippen molar-refractivity contribution in [1.29, 1.82) is 0 Å². The lowest BCUT2D eigenvalue weighted by atomic mass is 9.82. The maximum atomic E-state index is 12.0. The zero-order valence-electron chi connectivity index (χ0n) is 11.9. The number of aliphatic imine (C=N–C) groups is 1. The normalized spacial score (nSPS) is 25.4. The van der Waals surface area contributed by atoms with Crippen molar-refractivity contribution in [2.45, 2.75) is 46.0 Å². The third kappa shape index (κ3) is 5.03. The zero-order chi connectivity index (χ0) is 13.4. The number of amides is 1. The van der Waals surface area contributed by atoms with Gasteiger partial charge in [0, 0.05) is 25.7 Å². The molecule has 0 aliphatic heterocycles. The summed E-state index contributed by atoms with van der Waals surface area (Å²) < 4.78 is 0. The molecule has 102 valence electrons. The molecule has 0 radical (unpaired) electrons. The molecule has 1 amide bonds. The highest BCUT2D eigenvalue weighted by Gasteiger charge is 2.23. The summed E-state index contributed by atoms with van der Waals surface area (Å²) in [7, 11) is 1.76. The Morgan fingerprint density at radius 2 is 2.00 bits per heavy atom. The van der Waals surface area contributed by atoms with Gasteiger partial charge in [-0.2, -0.15) is 0 Å². The van der Waals surface area contributed by atoms with E-state index in [0.717, 1.165) is 25.2 Å². The Labute approximate surface area is 111 Å². The molecule has 0 aromatic rings. The van der Waals surface area contributed by atoms with Crippen molar-refractivity contribution in [3.8, 4) is 0 Å². The fraction of sp³-hybridized carbons (Fsp3) is 0.733. The number of nitrogens with zero attached hydrogens (tertiary/aromatic N) is 1. The summed E-state index contributed by atoms with van der Waals surface area (Å²) in [5.41, 5.74) is 1.22. The van der Waals surface area contributed by atoms with Crippen LogP contribution in [0.3, 0.4) is 0 Å². The molecule has 0 saturated heterocycles. The quantitative estimate of drug-likeness (QED) is 0.749. The van der Waals surface area contributed by atoms with E-state index in [0.29, 0.717) is 6.54 Å². The predicted octanol–water partition coefficient (Wildman–Crippen LogP) is 2.97. The summed E-state index contributed by atoms with van der Waals surface area (Å²) in [5, 5.41) is 3.06. The zero-order valence-corrected chi connectivity index (χ0v) is 11.9. The maximum Gasteiger partial charge on any atom is 0.223 e. The lowest BCUT2D eigenvalue weighted by Gasteiger charge is -2.25. The van der Waals surface area contributed by atoms with Crippen LogP contribution >= 0.6 is 0 Å². The number of allylic oxidation sites excluding steroid dienone is 1. The Morgan fingerprint density at radius 1 is 1.33 bits per heavy atom. The highest BCUT2D eigenvalue weighted by molar-refractivity contribution is 5.79. The number of hydrogen-bond acceptors (Lipinski definition) is 2. The average molecular weight is 250 g/mol. The first-order chi connectivity index (χ1) is 8.67. The molecule has 0 spiro atoms. The van der Waals surface area contributed by atoms with Crippen molar-refractivity contribution in [2.75, 3.05) is 13.6 Å². The van der Waals surface area contributed by atoms with E-state index in [1.54, 1.807) is 13.3 Å². The summed E-state index contributed by atoms with van der Waals surface area (Å²) in [6.07, 6.45) is 9.21. The van der Waals surface area contributed by atoms with Gasteiger partial charge in [0.1, 0.15) is 0 Å². The Bertz CT molecular complexity index is 312. The Morgan fingerprint density at radius 3 is 2.56 bits per heavy atom. The van der Waals surface area contributed by atoms with Crippen LogP contribution in [-0.4, -0.2) is 25.7 Å². The van der Waals surface area contributed by atoms with Crippen molar-refractivity contribution in [3.05, 3.63) is 11.6 Å². The van der Waals surface area contributed by atoms with Crippen LogP contribution in [0.2, 0.25) is 0 Å². The first-order valence-corrected chi connectivity index (χ1v) is 7.05. The second-order valence-corrected chi connectivity index (χ2v) is 5.26. The molecule has 0 unspecified atom stereocenters. The van der Waals surface area contributed by atoms with Crippen LogP contribution < -0.4 is 5.32 Å². The molecule has 0 atom stereocenters. The summed E-state index contributed by atoms with van der Waals surface area (Å²) >= 11 is 0.